The first-order valence-electron chi connectivity index (χ1n) is 12.0. The zero-order valence-electron chi connectivity index (χ0n) is 21.0. The highest BCUT2D eigenvalue weighted by Gasteiger charge is 2.22. The van der Waals surface area contributed by atoms with Gasteiger partial charge in [0.15, 0.2) is 0 Å². The minimum absolute atomic E-state index is 0.0766. The molecule has 10 nitrogen and oxygen atoms in total. The summed E-state index contributed by atoms with van der Waals surface area (Å²) in [7, 11) is 1.58. The molecule has 38 heavy (non-hydrogen) atoms. The molecule has 3 N–H and O–H groups in total. The quantitative estimate of drug-likeness (QED) is 0.259. The van der Waals surface area contributed by atoms with Crippen molar-refractivity contribution in [1.29, 1.82) is 0 Å². The molecule has 1 atom stereocenters. The highest BCUT2D eigenvalue weighted by molar-refractivity contribution is 5.97. The number of benzene rings is 2. The molecular weight excluding hydrogens is 488 g/mol. The molecule has 4 aromatic rings. The second kappa shape index (κ2) is 11.9. The number of anilines is 1. The van der Waals surface area contributed by atoms with Gasteiger partial charge in [0.2, 0.25) is 0 Å². The Balaban J connectivity index is 1.64. The largest absolute Gasteiger partial charge is 0.497 e. The number of aromatic nitrogens is 2. The zero-order valence-corrected chi connectivity index (χ0v) is 21.0. The monoisotopic (exact) mass is 516 g/mol. The van der Waals surface area contributed by atoms with Crippen LogP contribution >= 0.6 is 0 Å². The van der Waals surface area contributed by atoms with Crippen LogP contribution in [0.4, 0.5) is 5.82 Å². The lowest BCUT2D eigenvalue weighted by atomic mass is 10.1. The number of hydrogen-bond acceptors (Lipinski definition) is 7. The number of aliphatic carboxylic acids is 1. The van der Waals surface area contributed by atoms with Crippen LogP contribution < -0.4 is 15.4 Å². The molecule has 0 spiro atoms. The third-order valence-corrected chi connectivity index (χ3v) is 5.84. The fourth-order valence-electron chi connectivity index (χ4n) is 3.96. The molecule has 0 saturated heterocycles. The van der Waals surface area contributed by atoms with Crippen molar-refractivity contribution in [3.05, 3.63) is 84.1 Å². The van der Waals surface area contributed by atoms with Gasteiger partial charge >= 0.3 is 11.9 Å². The third kappa shape index (κ3) is 6.09. The first-order valence-corrected chi connectivity index (χ1v) is 12.0. The van der Waals surface area contributed by atoms with Gasteiger partial charge in [-0.05, 0) is 48.9 Å². The Morgan fingerprint density at radius 3 is 2.45 bits per heavy atom. The lowest BCUT2D eigenvalue weighted by Gasteiger charge is -2.15. The second-order valence-electron chi connectivity index (χ2n) is 8.39. The fourth-order valence-corrected chi connectivity index (χ4v) is 3.96. The van der Waals surface area contributed by atoms with Crippen LogP contribution in [-0.4, -0.2) is 58.6 Å². The predicted molar refractivity (Wildman–Crippen MR) is 141 cm³/mol. The summed E-state index contributed by atoms with van der Waals surface area (Å²) >= 11 is 0. The third-order valence-electron chi connectivity index (χ3n) is 5.84. The SMILES string of the molecule is CCOC(=O)CNc1c(-c2ccc(OC)cc2)nc2cc(C(=O)NC(Cc3ccccc3)C(=O)O)ccn12. The van der Waals surface area contributed by atoms with Crippen LogP contribution in [0.15, 0.2) is 72.9 Å². The smallest absolute Gasteiger partial charge is 0.326 e. The van der Waals surface area contributed by atoms with Gasteiger partial charge < -0.3 is 25.2 Å². The van der Waals surface area contributed by atoms with Gasteiger partial charge in [0.1, 0.15) is 35.5 Å². The Bertz CT molecular complexity index is 1430. The number of esters is 1. The molecule has 0 aliphatic carbocycles. The summed E-state index contributed by atoms with van der Waals surface area (Å²) in [6.07, 6.45) is 1.79. The Hall–Kier alpha value is -4.86. The molecule has 1 amide bonds. The van der Waals surface area contributed by atoms with E-state index >= 15 is 0 Å². The van der Waals surface area contributed by atoms with Crippen molar-refractivity contribution in [2.45, 2.75) is 19.4 Å². The maximum Gasteiger partial charge on any atom is 0.326 e. The van der Waals surface area contributed by atoms with Crippen LogP contribution in [0.25, 0.3) is 16.9 Å². The van der Waals surface area contributed by atoms with Crippen molar-refractivity contribution in [1.82, 2.24) is 14.7 Å². The number of carboxylic acids is 1. The number of nitrogens with one attached hydrogen (secondary N) is 2. The number of rotatable bonds is 11. The number of nitrogens with zero attached hydrogens (tertiary/aromatic N) is 2. The van der Waals surface area contributed by atoms with Gasteiger partial charge in [0.05, 0.1) is 13.7 Å². The van der Waals surface area contributed by atoms with Crippen molar-refractivity contribution >= 4 is 29.3 Å². The molecular formula is C28H28N4O6. The minimum atomic E-state index is -1.13. The molecule has 1 unspecified atom stereocenters. The number of hydrogen-bond donors (Lipinski definition) is 3. The molecule has 0 aliphatic rings. The van der Waals surface area contributed by atoms with E-state index in [-0.39, 0.29) is 25.1 Å². The molecule has 2 aromatic carbocycles. The molecule has 0 fully saturated rings. The van der Waals surface area contributed by atoms with E-state index in [1.165, 1.54) is 0 Å². The van der Waals surface area contributed by atoms with Gasteiger partial charge in [-0.15, -0.1) is 0 Å². The number of carbonyl (C=O) groups is 3. The van der Waals surface area contributed by atoms with Gasteiger partial charge in [-0.2, -0.15) is 0 Å². The Labute approximate surface area is 219 Å². The summed E-state index contributed by atoms with van der Waals surface area (Å²) in [5.74, 6) is -0.863. The standard InChI is InChI=1S/C28H28N4O6/c1-3-38-24(33)17-29-26-25(19-9-11-21(37-2)12-10-19)31-23-16-20(13-14-32(23)26)27(34)30-22(28(35)36)15-18-7-5-4-6-8-18/h4-14,16,22,29H,3,15,17H2,1-2H3,(H,30,34)(H,35,36). The van der Waals surface area contributed by atoms with Crippen LogP contribution in [-0.2, 0) is 20.7 Å². The zero-order chi connectivity index (χ0) is 27.1. The van der Waals surface area contributed by atoms with Crippen molar-refractivity contribution in [3.63, 3.8) is 0 Å². The number of fused-ring (bicyclic) bond motifs is 1. The second-order valence-corrected chi connectivity index (χ2v) is 8.39. The first-order chi connectivity index (χ1) is 18.4. The van der Waals surface area contributed by atoms with E-state index in [2.05, 4.69) is 10.6 Å². The Morgan fingerprint density at radius 2 is 1.79 bits per heavy atom. The molecule has 0 saturated carbocycles. The predicted octanol–water partition coefficient (Wildman–Crippen LogP) is 3.41. The number of methoxy groups -OCH3 is 1. The van der Waals surface area contributed by atoms with E-state index in [4.69, 9.17) is 14.5 Å². The van der Waals surface area contributed by atoms with Gasteiger partial charge in [0.25, 0.3) is 5.91 Å². The van der Waals surface area contributed by atoms with Crippen LogP contribution in [0.1, 0.15) is 22.8 Å². The van der Waals surface area contributed by atoms with E-state index < -0.39 is 23.9 Å². The summed E-state index contributed by atoms with van der Waals surface area (Å²) in [4.78, 5) is 41.5. The number of imidazole rings is 1. The lowest BCUT2D eigenvalue weighted by Crippen LogP contribution is -2.42. The van der Waals surface area contributed by atoms with Gasteiger partial charge in [-0.25, -0.2) is 9.78 Å². The maximum atomic E-state index is 13.0. The molecule has 10 heteroatoms. The number of amides is 1. The average Bonchev–Trinajstić information content (AvgIpc) is 3.30. The highest BCUT2D eigenvalue weighted by Crippen LogP contribution is 2.30. The minimum Gasteiger partial charge on any atom is -0.497 e. The topological polar surface area (TPSA) is 131 Å². The van der Waals surface area contributed by atoms with E-state index in [1.807, 2.05) is 42.5 Å². The van der Waals surface area contributed by atoms with Crippen molar-refractivity contribution < 1.29 is 29.0 Å². The summed E-state index contributed by atoms with van der Waals surface area (Å²) < 4.78 is 12.0. The van der Waals surface area contributed by atoms with Crippen molar-refractivity contribution in [3.8, 4) is 17.0 Å². The van der Waals surface area contributed by atoms with Gasteiger partial charge in [-0.1, -0.05) is 30.3 Å². The van der Waals surface area contributed by atoms with Crippen LogP contribution in [0.3, 0.4) is 0 Å². The van der Waals surface area contributed by atoms with Crippen molar-refractivity contribution in [2.24, 2.45) is 0 Å². The van der Waals surface area contributed by atoms with Crippen LogP contribution in [0.2, 0.25) is 0 Å². The average molecular weight is 517 g/mol. The summed E-state index contributed by atoms with van der Waals surface area (Å²) in [5, 5.41) is 15.3. The van der Waals surface area contributed by atoms with Crippen LogP contribution in [0, 0.1) is 0 Å². The van der Waals surface area contributed by atoms with E-state index in [0.717, 1.165) is 11.1 Å². The number of carboxylic acid groups (broad SMARTS) is 1. The molecule has 2 heterocycles. The molecule has 0 radical (unpaired) electrons. The Morgan fingerprint density at radius 1 is 1.05 bits per heavy atom. The summed E-state index contributed by atoms with van der Waals surface area (Å²) in [6.45, 7) is 1.92. The molecule has 0 bridgehead atoms. The number of pyridine rings is 1. The highest BCUT2D eigenvalue weighted by atomic mass is 16.5. The van der Waals surface area contributed by atoms with E-state index in [1.54, 1.807) is 48.9 Å². The number of ether oxygens (including phenoxy) is 2. The lowest BCUT2D eigenvalue weighted by molar-refractivity contribution is -0.141. The van der Waals surface area contributed by atoms with E-state index in [9.17, 15) is 19.5 Å². The summed E-state index contributed by atoms with van der Waals surface area (Å²) in [6, 6.07) is 18.4. The molecule has 4 rings (SSSR count). The van der Waals surface area contributed by atoms with Gasteiger partial charge in [0, 0.05) is 23.7 Å². The summed E-state index contributed by atoms with van der Waals surface area (Å²) in [5.41, 5.74) is 2.80. The van der Waals surface area contributed by atoms with Crippen LogP contribution in [0.5, 0.6) is 5.75 Å². The molecule has 2 aromatic heterocycles. The maximum absolute atomic E-state index is 13.0. The molecule has 196 valence electrons. The fraction of sp³-hybridized carbons (Fsp3) is 0.214. The molecule has 0 aliphatic heterocycles. The van der Waals surface area contributed by atoms with Gasteiger partial charge in [-0.3, -0.25) is 14.0 Å². The van der Waals surface area contributed by atoms with E-state index in [0.29, 0.717) is 22.9 Å². The van der Waals surface area contributed by atoms with Crippen molar-refractivity contribution in [2.75, 3.05) is 25.6 Å². The normalized spacial score (nSPS) is 11.5. The number of carbonyl (C=O) groups excluding carboxylic acids is 2. The Kier molecular flexibility index (Phi) is 8.22. The first kappa shape index (κ1) is 26.2.